The third-order valence-corrected chi connectivity index (χ3v) is 6.82. The van der Waals surface area contributed by atoms with Gasteiger partial charge in [0.15, 0.2) is 0 Å². The van der Waals surface area contributed by atoms with E-state index in [0.29, 0.717) is 36.7 Å². The third-order valence-electron chi connectivity index (χ3n) is 6.82. The van der Waals surface area contributed by atoms with Gasteiger partial charge in [-0.15, -0.1) is 0 Å². The van der Waals surface area contributed by atoms with Crippen LogP contribution in [-0.2, 0) is 11.0 Å². The normalized spacial score (nSPS) is 20.8. The van der Waals surface area contributed by atoms with Gasteiger partial charge in [0.1, 0.15) is 6.04 Å². The molecule has 32 heavy (non-hydrogen) atoms. The van der Waals surface area contributed by atoms with Gasteiger partial charge in [-0.25, -0.2) is 0 Å². The van der Waals surface area contributed by atoms with Gasteiger partial charge in [-0.3, -0.25) is 9.69 Å². The highest BCUT2D eigenvalue weighted by Gasteiger charge is 2.37. The van der Waals surface area contributed by atoms with Crippen LogP contribution < -0.4 is 0 Å². The molecule has 0 amide bonds. The van der Waals surface area contributed by atoms with Gasteiger partial charge in [0, 0.05) is 0 Å². The van der Waals surface area contributed by atoms with Gasteiger partial charge in [0.2, 0.25) is 0 Å². The summed E-state index contributed by atoms with van der Waals surface area (Å²) in [7, 11) is 0. The van der Waals surface area contributed by atoms with Crippen LogP contribution in [0.5, 0.6) is 0 Å². The molecule has 1 fully saturated rings. The lowest BCUT2D eigenvalue weighted by molar-refractivity contribution is -0.144. The predicted octanol–water partition coefficient (Wildman–Crippen LogP) is 7.22. The molecule has 1 saturated carbocycles. The van der Waals surface area contributed by atoms with E-state index in [0.717, 1.165) is 38.8 Å². The summed E-state index contributed by atoms with van der Waals surface area (Å²) in [6, 6.07) is 5.38. The maximum atomic E-state index is 13.4. The largest absolute Gasteiger partial charge is 0.480 e. The molecule has 0 aromatic heterocycles. The zero-order chi connectivity index (χ0) is 23.9. The molecule has 1 N–H and O–H groups in total. The number of carbonyl (C=O) groups is 1. The quantitative estimate of drug-likeness (QED) is 0.383. The molecule has 0 aliphatic heterocycles. The van der Waals surface area contributed by atoms with E-state index in [9.17, 15) is 23.1 Å². The topological polar surface area (TPSA) is 40.5 Å². The minimum Gasteiger partial charge on any atom is -0.480 e. The number of halogens is 3. The molecule has 0 bridgehead atoms. The maximum Gasteiger partial charge on any atom is 0.416 e. The van der Waals surface area contributed by atoms with Crippen LogP contribution in [0.25, 0.3) is 0 Å². The van der Waals surface area contributed by atoms with Crippen molar-refractivity contribution in [2.24, 2.45) is 17.8 Å². The van der Waals surface area contributed by atoms with Crippen LogP contribution in [-0.4, -0.2) is 35.1 Å². The lowest BCUT2D eigenvalue weighted by Gasteiger charge is -2.35. The van der Waals surface area contributed by atoms with E-state index < -0.39 is 23.8 Å². The van der Waals surface area contributed by atoms with Gasteiger partial charge in [0.05, 0.1) is 5.56 Å². The number of nitrogens with zero attached hydrogens (tertiary/aromatic N) is 1. The molecule has 1 atom stereocenters. The van der Waals surface area contributed by atoms with Crippen molar-refractivity contribution >= 4 is 5.97 Å². The Hall–Kier alpha value is -1.56. The minimum absolute atomic E-state index is 0.106. The van der Waals surface area contributed by atoms with Crippen LogP contribution in [0.15, 0.2) is 24.3 Å². The summed E-state index contributed by atoms with van der Waals surface area (Å²) in [4.78, 5) is 14.3. The molecule has 2 rings (SSSR count). The molecule has 1 unspecified atom stereocenters. The number of aliphatic carboxylic acids is 1. The molecule has 1 aliphatic rings. The summed E-state index contributed by atoms with van der Waals surface area (Å²) in [6.07, 6.45) is 1.09. The first kappa shape index (κ1) is 26.7. The summed E-state index contributed by atoms with van der Waals surface area (Å²) >= 11 is 0. The third kappa shape index (κ3) is 8.09. The Morgan fingerprint density at radius 2 is 1.53 bits per heavy atom. The second kappa shape index (κ2) is 12.1. The molecule has 1 aliphatic carbocycles. The van der Waals surface area contributed by atoms with E-state index in [1.165, 1.54) is 12.1 Å². The number of benzene rings is 1. The lowest BCUT2D eigenvalue weighted by Crippen LogP contribution is -2.44. The summed E-state index contributed by atoms with van der Waals surface area (Å²) < 4.78 is 40.3. The van der Waals surface area contributed by atoms with Gasteiger partial charge < -0.3 is 5.11 Å². The fraction of sp³-hybridized carbons (Fsp3) is 0.731. The van der Waals surface area contributed by atoms with Crippen LogP contribution >= 0.6 is 0 Å². The SMILES string of the molecule is CC(C)CCN(CCC(C)C)C(CC1CCC(c2ccccc2C(F)(F)F)CC1)C(=O)O. The van der Waals surface area contributed by atoms with Crippen molar-refractivity contribution in [3.8, 4) is 0 Å². The highest BCUT2D eigenvalue weighted by Crippen LogP contribution is 2.43. The van der Waals surface area contributed by atoms with E-state index in [1.807, 2.05) is 0 Å². The standard InChI is InChI=1S/C26H40F3NO2/c1-18(2)13-15-30(16-14-19(3)4)24(25(31)32)17-20-9-11-21(12-10-20)22-7-5-6-8-23(22)26(27,28)29/h5-8,18-21,24H,9-17H2,1-4H3,(H,31,32). The van der Waals surface area contributed by atoms with Crippen molar-refractivity contribution in [2.75, 3.05) is 13.1 Å². The van der Waals surface area contributed by atoms with E-state index in [-0.39, 0.29) is 11.8 Å². The Bertz CT molecular complexity index is 697. The Kier molecular flexibility index (Phi) is 10.1. The molecular formula is C26H40F3NO2. The Morgan fingerprint density at radius 1 is 1.00 bits per heavy atom. The highest BCUT2D eigenvalue weighted by molar-refractivity contribution is 5.73. The van der Waals surface area contributed by atoms with Gasteiger partial charge in [0.25, 0.3) is 0 Å². The molecule has 0 heterocycles. The molecule has 182 valence electrons. The van der Waals surface area contributed by atoms with Crippen LogP contribution in [0.2, 0.25) is 0 Å². The van der Waals surface area contributed by atoms with Crippen LogP contribution in [0.1, 0.15) is 89.7 Å². The van der Waals surface area contributed by atoms with Gasteiger partial charge in [-0.05, 0) is 93.3 Å². The fourth-order valence-corrected chi connectivity index (χ4v) is 4.81. The predicted molar refractivity (Wildman–Crippen MR) is 123 cm³/mol. The summed E-state index contributed by atoms with van der Waals surface area (Å²) in [5, 5.41) is 9.99. The molecule has 1 aromatic rings. The number of rotatable bonds is 11. The van der Waals surface area contributed by atoms with E-state index in [2.05, 4.69) is 32.6 Å². The van der Waals surface area contributed by atoms with Crippen molar-refractivity contribution in [2.45, 2.75) is 90.8 Å². The number of carboxylic acid groups (broad SMARTS) is 1. The lowest BCUT2D eigenvalue weighted by atomic mass is 9.75. The second-order valence-electron chi connectivity index (χ2n) is 10.3. The maximum absolute atomic E-state index is 13.4. The van der Waals surface area contributed by atoms with Crippen LogP contribution in [0.3, 0.4) is 0 Å². The molecule has 6 heteroatoms. The van der Waals surface area contributed by atoms with Crippen molar-refractivity contribution in [3.63, 3.8) is 0 Å². The number of alkyl halides is 3. The van der Waals surface area contributed by atoms with E-state index >= 15 is 0 Å². The van der Waals surface area contributed by atoms with Crippen molar-refractivity contribution in [1.82, 2.24) is 4.90 Å². The Morgan fingerprint density at radius 3 is 2.00 bits per heavy atom. The monoisotopic (exact) mass is 455 g/mol. The summed E-state index contributed by atoms with van der Waals surface area (Å²) in [6.45, 7) is 10.1. The average Bonchev–Trinajstić information content (AvgIpc) is 2.72. The number of carboxylic acids is 1. The first-order valence-corrected chi connectivity index (χ1v) is 12.1. The van der Waals surface area contributed by atoms with Gasteiger partial charge in [-0.2, -0.15) is 13.2 Å². The van der Waals surface area contributed by atoms with Gasteiger partial charge >= 0.3 is 12.1 Å². The van der Waals surface area contributed by atoms with Crippen molar-refractivity contribution in [3.05, 3.63) is 35.4 Å². The molecule has 0 radical (unpaired) electrons. The molecule has 0 spiro atoms. The minimum atomic E-state index is -4.34. The summed E-state index contributed by atoms with van der Waals surface area (Å²) in [5.41, 5.74) is -0.135. The highest BCUT2D eigenvalue weighted by atomic mass is 19.4. The van der Waals surface area contributed by atoms with Gasteiger partial charge in [-0.1, -0.05) is 45.9 Å². The molecule has 3 nitrogen and oxygen atoms in total. The first-order chi connectivity index (χ1) is 15.0. The van der Waals surface area contributed by atoms with Crippen LogP contribution in [0, 0.1) is 17.8 Å². The van der Waals surface area contributed by atoms with Crippen molar-refractivity contribution in [1.29, 1.82) is 0 Å². The Labute approximate surface area is 191 Å². The molecule has 0 saturated heterocycles. The zero-order valence-corrected chi connectivity index (χ0v) is 20.0. The Balaban J connectivity index is 2.04. The van der Waals surface area contributed by atoms with Crippen LogP contribution in [0.4, 0.5) is 13.2 Å². The average molecular weight is 456 g/mol. The summed E-state index contributed by atoms with van der Waals surface area (Å²) in [5.74, 6) is 0.378. The molecular weight excluding hydrogens is 415 g/mol. The number of hydrogen-bond donors (Lipinski definition) is 1. The second-order valence-corrected chi connectivity index (χ2v) is 10.3. The fourth-order valence-electron chi connectivity index (χ4n) is 4.81. The van der Waals surface area contributed by atoms with E-state index in [4.69, 9.17) is 0 Å². The smallest absolute Gasteiger partial charge is 0.416 e. The number of hydrogen-bond acceptors (Lipinski definition) is 2. The van der Waals surface area contributed by atoms with E-state index in [1.54, 1.807) is 12.1 Å². The zero-order valence-electron chi connectivity index (χ0n) is 20.0. The molecule has 1 aromatic carbocycles. The van der Waals surface area contributed by atoms with Crippen molar-refractivity contribution < 1.29 is 23.1 Å². The first-order valence-electron chi connectivity index (χ1n) is 12.1.